The number of nitrogens with one attached hydrogen (secondary N) is 2. The van der Waals surface area contributed by atoms with Gasteiger partial charge in [-0.1, -0.05) is 24.3 Å². The lowest BCUT2D eigenvalue weighted by atomic mass is 10.1. The molecule has 0 heterocycles. The fourth-order valence-electron chi connectivity index (χ4n) is 3.10. The van der Waals surface area contributed by atoms with Crippen molar-refractivity contribution in [1.82, 2.24) is 5.32 Å². The van der Waals surface area contributed by atoms with Crippen LogP contribution in [-0.4, -0.2) is 43.8 Å². The van der Waals surface area contributed by atoms with Crippen molar-refractivity contribution in [2.45, 2.75) is 6.92 Å². The maximum absolute atomic E-state index is 12.9. The van der Waals surface area contributed by atoms with Gasteiger partial charge in [-0.05, 0) is 73.7 Å². The Hall–Kier alpha value is -3.75. The minimum absolute atomic E-state index is 0.128. The second kappa shape index (κ2) is 12.5. The Kier molecular flexibility index (Phi) is 9.13. The Balaban J connectivity index is 1.55. The Morgan fingerprint density at radius 3 is 2.35 bits per heavy atom. The van der Waals surface area contributed by atoms with Gasteiger partial charge in [-0.25, -0.2) is 0 Å². The molecule has 0 unspecified atom stereocenters. The maximum atomic E-state index is 12.9. The van der Waals surface area contributed by atoms with Crippen LogP contribution in [0.3, 0.4) is 0 Å². The highest BCUT2D eigenvalue weighted by molar-refractivity contribution is 7.80. The minimum atomic E-state index is -0.352. The van der Waals surface area contributed by atoms with Crippen molar-refractivity contribution < 1.29 is 19.1 Å². The van der Waals surface area contributed by atoms with Crippen molar-refractivity contribution in [3.63, 3.8) is 0 Å². The van der Waals surface area contributed by atoms with Crippen LogP contribution in [0.25, 0.3) is 0 Å². The van der Waals surface area contributed by atoms with E-state index in [1.807, 2.05) is 37.3 Å². The molecule has 3 rings (SSSR count). The first-order valence-corrected chi connectivity index (χ1v) is 11.2. The Morgan fingerprint density at radius 2 is 1.65 bits per heavy atom. The smallest absolute Gasteiger partial charge is 0.258 e. The average Bonchev–Trinajstić information content (AvgIpc) is 2.86. The third-order valence-electron chi connectivity index (χ3n) is 4.86. The van der Waals surface area contributed by atoms with Gasteiger partial charge >= 0.3 is 0 Å². The predicted molar refractivity (Wildman–Crippen MR) is 138 cm³/mol. The summed E-state index contributed by atoms with van der Waals surface area (Å²) in [6.07, 6.45) is 0. The van der Waals surface area contributed by atoms with Gasteiger partial charge in [0.05, 0.1) is 6.61 Å². The molecule has 0 saturated heterocycles. The van der Waals surface area contributed by atoms with Gasteiger partial charge in [-0.2, -0.15) is 0 Å². The molecule has 0 aliphatic rings. The van der Waals surface area contributed by atoms with Crippen molar-refractivity contribution >= 4 is 40.5 Å². The van der Waals surface area contributed by atoms with Crippen molar-refractivity contribution in [2.24, 2.45) is 0 Å². The second-order valence-corrected chi connectivity index (χ2v) is 7.67. The summed E-state index contributed by atoms with van der Waals surface area (Å²) >= 11 is 5.28. The Morgan fingerprint density at radius 1 is 0.912 bits per heavy atom. The van der Waals surface area contributed by atoms with Gasteiger partial charge in [0, 0.05) is 36.2 Å². The number of hydrogen-bond donors (Lipinski definition) is 2. The van der Waals surface area contributed by atoms with Gasteiger partial charge < -0.3 is 19.7 Å². The summed E-state index contributed by atoms with van der Waals surface area (Å²) in [4.78, 5) is 26.9. The standard InChI is InChI=1S/C26H27N3O4S/c1-3-32-16-17-33-23-14-12-19(13-15-23)24(30)28-26(34)27-21-9-7-8-20(18-21)25(31)29(2)22-10-5-4-6-11-22/h4-15,18H,3,16-17H2,1-2H3,(H2,27,28,30,34). The van der Waals surface area contributed by atoms with Gasteiger partial charge in [0.2, 0.25) is 0 Å². The van der Waals surface area contributed by atoms with E-state index in [9.17, 15) is 9.59 Å². The van der Waals surface area contributed by atoms with Gasteiger partial charge in [0.25, 0.3) is 11.8 Å². The van der Waals surface area contributed by atoms with Crippen LogP contribution in [0.4, 0.5) is 11.4 Å². The number of thiocarbonyl (C=S) groups is 1. The van der Waals surface area contributed by atoms with Crippen molar-refractivity contribution in [3.8, 4) is 5.75 Å². The number of rotatable bonds is 9. The molecule has 0 spiro atoms. The molecule has 176 valence electrons. The largest absolute Gasteiger partial charge is 0.491 e. The van der Waals surface area contributed by atoms with Crippen LogP contribution in [0.2, 0.25) is 0 Å². The molecule has 7 nitrogen and oxygen atoms in total. The molecule has 0 bridgehead atoms. The molecular weight excluding hydrogens is 450 g/mol. The van der Waals surface area contributed by atoms with Crippen LogP contribution in [0.1, 0.15) is 27.6 Å². The molecule has 3 aromatic carbocycles. The van der Waals surface area contributed by atoms with Gasteiger partial charge in [-0.3, -0.25) is 14.9 Å². The molecule has 0 fully saturated rings. The van der Waals surface area contributed by atoms with Crippen molar-refractivity contribution in [2.75, 3.05) is 37.1 Å². The van der Waals surface area contributed by atoms with E-state index in [4.69, 9.17) is 21.7 Å². The first-order valence-electron chi connectivity index (χ1n) is 10.8. The first kappa shape index (κ1) is 24.9. The molecule has 0 radical (unpaired) electrons. The summed E-state index contributed by atoms with van der Waals surface area (Å²) in [5.41, 5.74) is 2.31. The number of ether oxygens (including phenoxy) is 2. The highest BCUT2D eigenvalue weighted by Gasteiger charge is 2.14. The molecule has 8 heteroatoms. The summed E-state index contributed by atoms with van der Waals surface area (Å²) in [6.45, 7) is 3.51. The number of carbonyl (C=O) groups excluding carboxylic acids is 2. The van der Waals surface area contributed by atoms with Gasteiger partial charge in [-0.15, -0.1) is 0 Å². The summed E-state index contributed by atoms with van der Waals surface area (Å²) < 4.78 is 10.8. The molecule has 0 saturated carbocycles. The van der Waals surface area contributed by atoms with Crippen molar-refractivity contribution in [1.29, 1.82) is 0 Å². The molecule has 0 aromatic heterocycles. The zero-order chi connectivity index (χ0) is 24.3. The zero-order valence-electron chi connectivity index (χ0n) is 19.1. The quantitative estimate of drug-likeness (QED) is 0.349. The fourth-order valence-corrected chi connectivity index (χ4v) is 3.31. The van der Waals surface area contributed by atoms with Crippen LogP contribution in [0.5, 0.6) is 5.75 Å². The number of nitrogens with zero attached hydrogens (tertiary/aromatic N) is 1. The first-order chi connectivity index (χ1) is 16.5. The predicted octanol–water partition coefficient (Wildman–Crippen LogP) is 4.51. The number of amides is 2. The van der Waals surface area contributed by atoms with E-state index in [1.54, 1.807) is 60.5 Å². The summed E-state index contributed by atoms with van der Waals surface area (Å²) in [5.74, 6) is 0.140. The number of hydrogen-bond acceptors (Lipinski definition) is 5. The minimum Gasteiger partial charge on any atom is -0.491 e. The zero-order valence-corrected chi connectivity index (χ0v) is 19.9. The highest BCUT2D eigenvalue weighted by atomic mass is 32.1. The third kappa shape index (κ3) is 7.13. The topological polar surface area (TPSA) is 79.9 Å². The second-order valence-electron chi connectivity index (χ2n) is 7.26. The number of anilines is 2. The van der Waals surface area contributed by atoms with Crippen molar-refractivity contribution in [3.05, 3.63) is 90.0 Å². The number of benzene rings is 3. The van der Waals surface area contributed by atoms with Crippen LogP contribution in [0.15, 0.2) is 78.9 Å². The lowest BCUT2D eigenvalue weighted by molar-refractivity contribution is 0.0973. The van der Waals surface area contributed by atoms with E-state index >= 15 is 0 Å². The third-order valence-corrected chi connectivity index (χ3v) is 5.06. The highest BCUT2D eigenvalue weighted by Crippen LogP contribution is 2.18. The summed E-state index contributed by atoms with van der Waals surface area (Å²) in [7, 11) is 1.72. The van der Waals surface area contributed by atoms with Gasteiger partial charge in [0.1, 0.15) is 12.4 Å². The van der Waals surface area contributed by atoms with Crippen LogP contribution in [-0.2, 0) is 4.74 Å². The monoisotopic (exact) mass is 477 g/mol. The lowest BCUT2D eigenvalue weighted by Crippen LogP contribution is -2.34. The lowest BCUT2D eigenvalue weighted by Gasteiger charge is -2.18. The van der Waals surface area contributed by atoms with E-state index in [0.717, 1.165) is 5.69 Å². The maximum Gasteiger partial charge on any atom is 0.258 e. The molecule has 0 aliphatic carbocycles. The Bertz CT molecular complexity index is 1120. The van der Waals surface area contributed by atoms with E-state index in [-0.39, 0.29) is 16.9 Å². The van der Waals surface area contributed by atoms with Crippen LogP contribution >= 0.6 is 12.2 Å². The molecule has 2 N–H and O–H groups in total. The normalized spacial score (nSPS) is 10.3. The molecule has 2 amide bonds. The van der Waals surface area contributed by atoms with Crippen LogP contribution in [0, 0.1) is 0 Å². The number of para-hydroxylation sites is 1. The van der Waals surface area contributed by atoms with E-state index < -0.39 is 0 Å². The molecule has 0 aliphatic heterocycles. The molecule has 0 atom stereocenters. The SMILES string of the molecule is CCOCCOc1ccc(C(=O)NC(=S)Nc2cccc(C(=O)N(C)c3ccccc3)c2)cc1. The van der Waals surface area contributed by atoms with Crippen LogP contribution < -0.4 is 20.3 Å². The van der Waals surface area contributed by atoms with E-state index in [0.29, 0.717) is 42.4 Å². The summed E-state index contributed by atoms with van der Waals surface area (Å²) in [5, 5.41) is 5.73. The molecule has 3 aromatic rings. The summed E-state index contributed by atoms with van der Waals surface area (Å²) in [6, 6.07) is 23.1. The van der Waals surface area contributed by atoms with E-state index in [1.165, 1.54) is 0 Å². The number of carbonyl (C=O) groups is 2. The van der Waals surface area contributed by atoms with E-state index in [2.05, 4.69) is 10.6 Å². The molecular formula is C26H27N3O4S. The Labute approximate surface area is 204 Å². The fraction of sp³-hybridized carbons (Fsp3) is 0.192. The molecule has 34 heavy (non-hydrogen) atoms. The average molecular weight is 478 g/mol. The van der Waals surface area contributed by atoms with Gasteiger partial charge in [0.15, 0.2) is 5.11 Å².